The number of carbonyl (C=O) groups excluding carboxylic acids is 1. The molecule has 86 valence electrons. The number of aromatic nitrogens is 2. The van der Waals surface area contributed by atoms with Gasteiger partial charge in [0.2, 0.25) is 0 Å². The van der Waals surface area contributed by atoms with Gasteiger partial charge in [-0.05, 0) is 23.5 Å². The highest BCUT2D eigenvalue weighted by Crippen LogP contribution is 2.39. The van der Waals surface area contributed by atoms with E-state index in [2.05, 4.69) is 18.9 Å². The maximum Gasteiger partial charge on any atom is 0.156 e. The second-order valence-corrected chi connectivity index (χ2v) is 5.53. The summed E-state index contributed by atoms with van der Waals surface area (Å²) in [7, 11) is 1.84. The van der Waals surface area contributed by atoms with Gasteiger partial charge in [-0.3, -0.25) is 9.48 Å². The van der Waals surface area contributed by atoms with Gasteiger partial charge in [0, 0.05) is 13.5 Å². The van der Waals surface area contributed by atoms with E-state index in [-0.39, 0.29) is 11.2 Å². The standard InChI is InChI=1S/C12H15ClN2O/c1-12(2)5-8(4-9(16)6-12)11-10(13)7-14-15(11)3/h4,7H,5-6H2,1-3H3. The molecule has 4 heteroatoms. The van der Waals surface area contributed by atoms with Crippen molar-refractivity contribution in [1.29, 1.82) is 0 Å². The summed E-state index contributed by atoms with van der Waals surface area (Å²) in [4.78, 5) is 11.7. The predicted molar refractivity (Wildman–Crippen MR) is 64.2 cm³/mol. The Morgan fingerprint density at radius 2 is 2.12 bits per heavy atom. The number of hydrogen-bond donors (Lipinski definition) is 0. The quantitative estimate of drug-likeness (QED) is 0.754. The van der Waals surface area contributed by atoms with Gasteiger partial charge in [-0.1, -0.05) is 25.4 Å². The monoisotopic (exact) mass is 238 g/mol. The molecular formula is C12H15ClN2O. The molecule has 0 saturated carbocycles. The van der Waals surface area contributed by atoms with Crippen molar-refractivity contribution >= 4 is 23.0 Å². The summed E-state index contributed by atoms with van der Waals surface area (Å²) < 4.78 is 1.73. The van der Waals surface area contributed by atoms with Gasteiger partial charge in [0.05, 0.1) is 16.9 Å². The van der Waals surface area contributed by atoms with Crippen molar-refractivity contribution in [3.63, 3.8) is 0 Å². The normalized spacial score (nSPS) is 19.8. The van der Waals surface area contributed by atoms with E-state index in [1.165, 1.54) is 0 Å². The Morgan fingerprint density at radius 1 is 1.44 bits per heavy atom. The molecule has 0 radical (unpaired) electrons. The van der Waals surface area contributed by atoms with Crippen molar-refractivity contribution in [2.45, 2.75) is 26.7 Å². The highest BCUT2D eigenvalue weighted by molar-refractivity contribution is 6.32. The van der Waals surface area contributed by atoms with Gasteiger partial charge in [-0.15, -0.1) is 0 Å². The minimum atomic E-state index is 0.00870. The lowest BCUT2D eigenvalue weighted by Gasteiger charge is -2.28. The number of aryl methyl sites for hydroxylation is 1. The van der Waals surface area contributed by atoms with E-state index in [0.717, 1.165) is 17.7 Å². The van der Waals surface area contributed by atoms with Crippen molar-refractivity contribution in [3.8, 4) is 0 Å². The lowest BCUT2D eigenvalue weighted by Crippen LogP contribution is -2.22. The minimum absolute atomic E-state index is 0.00870. The number of carbonyl (C=O) groups is 1. The van der Waals surface area contributed by atoms with Gasteiger partial charge in [0.15, 0.2) is 5.78 Å². The van der Waals surface area contributed by atoms with Crippen LogP contribution in [0.2, 0.25) is 5.02 Å². The van der Waals surface area contributed by atoms with Crippen LogP contribution in [0.4, 0.5) is 0 Å². The maximum atomic E-state index is 11.7. The average molecular weight is 239 g/mol. The summed E-state index contributed by atoms with van der Waals surface area (Å²) in [5.41, 5.74) is 1.86. The second-order valence-electron chi connectivity index (χ2n) is 5.12. The molecule has 1 heterocycles. The average Bonchev–Trinajstić information content (AvgIpc) is 2.42. The molecule has 0 spiro atoms. The summed E-state index contributed by atoms with van der Waals surface area (Å²) in [5.74, 6) is 0.170. The van der Waals surface area contributed by atoms with Crippen molar-refractivity contribution in [3.05, 3.63) is 23.0 Å². The summed E-state index contributed by atoms with van der Waals surface area (Å²) in [6, 6.07) is 0. The van der Waals surface area contributed by atoms with Crippen LogP contribution in [-0.4, -0.2) is 15.6 Å². The van der Waals surface area contributed by atoms with Crippen LogP contribution in [0.3, 0.4) is 0 Å². The SMILES string of the molecule is Cn1ncc(Cl)c1C1=CC(=O)CC(C)(C)C1. The van der Waals surface area contributed by atoms with E-state index < -0.39 is 0 Å². The van der Waals surface area contributed by atoms with E-state index in [1.807, 2.05) is 7.05 Å². The van der Waals surface area contributed by atoms with Crippen LogP contribution >= 0.6 is 11.6 Å². The molecule has 0 unspecified atom stereocenters. The second kappa shape index (κ2) is 3.74. The molecule has 1 aromatic heterocycles. The Labute approximate surface area is 100 Å². The molecule has 0 atom stereocenters. The molecule has 0 bridgehead atoms. The highest BCUT2D eigenvalue weighted by atomic mass is 35.5. The van der Waals surface area contributed by atoms with Gasteiger partial charge in [0.25, 0.3) is 0 Å². The van der Waals surface area contributed by atoms with Crippen LogP contribution in [0.25, 0.3) is 5.57 Å². The Morgan fingerprint density at radius 3 is 2.62 bits per heavy atom. The predicted octanol–water partition coefficient (Wildman–Crippen LogP) is 2.85. The van der Waals surface area contributed by atoms with Crippen LogP contribution in [0.15, 0.2) is 12.3 Å². The highest BCUT2D eigenvalue weighted by Gasteiger charge is 2.29. The van der Waals surface area contributed by atoms with E-state index in [1.54, 1.807) is 17.0 Å². The van der Waals surface area contributed by atoms with Crippen LogP contribution in [0, 0.1) is 5.41 Å². The number of halogens is 1. The molecule has 0 fully saturated rings. The molecule has 1 aliphatic carbocycles. The fraction of sp³-hybridized carbons (Fsp3) is 0.500. The zero-order valence-electron chi connectivity index (χ0n) is 9.75. The van der Waals surface area contributed by atoms with Crippen molar-refractivity contribution in [1.82, 2.24) is 9.78 Å². The van der Waals surface area contributed by atoms with E-state index in [0.29, 0.717) is 11.4 Å². The Balaban J connectivity index is 2.46. The van der Waals surface area contributed by atoms with Crippen LogP contribution in [0.5, 0.6) is 0 Å². The van der Waals surface area contributed by atoms with Crippen LogP contribution in [-0.2, 0) is 11.8 Å². The molecule has 0 amide bonds. The van der Waals surface area contributed by atoms with E-state index in [4.69, 9.17) is 11.6 Å². The lowest BCUT2D eigenvalue weighted by atomic mass is 9.76. The first-order valence-electron chi connectivity index (χ1n) is 5.30. The smallest absolute Gasteiger partial charge is 0.156 e. The molecule has 0 aromatic carbocycles. The van der Waals surface area contributed by atoms with E-state index in [9.17, 15) is 4.79 Å². The Hall–Kier alpha value is -1.09. The molecule has 2 rings (SSSR count). The fourth-order valence-corrected chi connectivity index (χ4v) is 2.56. The zero-order chi connectivity index (χ0) is 11.9. The molecule has 3 nitrogen and oxygen atoms in total. The summed E-state index contributed by atoms with van der Waals surface area (Å²) in [5, 5.41) is 4.71. The molecule has 1 aromatic rings. The Kier molecular flexibility index (Phi) is 2.66. The van der Waals surface area contributed by atoms with Gasteiger partial charge < -0.3 is 0 Å². The first kappa shape index (κ1) is 11.4. The van der Waals surface area contributed by atoms with Crippen molar-refractivity contribution in [2.75, 3.05) is 0 Å². The van der Waals surface area contributed by atoms with Crippen molar-refractivity contribution in [2.24, 2.45) is 12.5 Å². The Bertz CT molecular complexity index is 452. The third kappa shape index (κ3) is 2.05. The van der Waals surface area contributed by atoms with Crippen LogP contribution in [0.1, 0.15) is 32.4 Å². The molecule has 0 aliphatic heterocycles. The molecule has 0 saturated heterocycles. The van der Waals surface area contributed by atoms with Crippen LogP contribution < -0.4 is 0 Å². The number of hydrogen-bond acceptors (Lipinski definition) is 2. The summed E-state index contributed by atoms with van der Waals surface area (Å²) in [6.07, 6.45) is 4.78. The summed E-state index contributed by atoms with van der Waals surface area (Å²) in [6.45, 7) is 4.20. The van der Waals surface area contributed by atoms with Gasteiger partial charge in [0.1, 0.15) is 0 Å². The topological polar surface area (TPSA) is 34.9 Å². The third-order valence-electron chi connectivity index (χ3n) is 2.86. The fourth-order valence-electron chi connectivity index (χ4n) is 2.27. The van der Waals surface area contributed by atoms with Gasteiger partial charge >= 0.3 is 0 Å². The van der Waals surface area contributed by atoms with Gasteiger partial charge in [-0.25, -0.2) is 0 Å². The molecule has 0 N–H and O–H groups in total. The van der Waals surface area contributed by atoms with Crippen molar-refractivity contribution < 1.29 is 4.79 Å². The molecule has 1 aliphatic rings. The zero-order valence-corrected chi connectivity index (χ0v) is 10.5. The van der Waals surface area contributed by atoms with E-state index >= 15 is 0 Å². The first-order valence-corrected chi connectivity index (χ1v) is 5.68. The minimum Gasteiger partial charge on any atom is -0.295 e. The number of rotatable bonds is 1. The number of ketones is 1. The molecule has 16 heavy (non-hydrogen) atoms. The summed E-state index contributed by atoms with van der Waals surface area (Å²) >= 11 is 6.08. The number of nitrogens with zero attached hydrogens (tertiary/aromatic N) is 2. The third-order valence-corrected chi connectivity index (χ3v) is 3.13. The maximum absolute atomic E-state index is 11.7. The number of allylic oxidation sites excluding steroid dienone is 2. The largest absolute Gasteiger partial charge is 0.295 e. The first-order chi connectivity index (χ1) is 7.39. The molecular weight excluding hydrogens is 224 g/mol. The lowest BCUT2D eigenvalue weighted by molar-refractivity contribution is -0.116. The van der Waals surface area contributed by atoms with Gasteiger partial charge in [-0.2, -0.15) is 5.10 Å².